The number of hydrogen-bond acceptors (Lipinski definition) is 3. The molecule has 0 bridgehead atoms. The molecule has 2 N–H and O–H groups in total. The average molecular weight is 515 g/mol. The second-order valence-corrected chi connectivity index (χ2v) is 15.3. The summed E-state index contributed by atoms with van der Waals surface area (Å²) in [5.41, 5.74) is 9.63. The molecular formula is C32H51O3P. The number of rotatable bonds is 5. The van der Waals surface area contributed by atoms with E-state index < -0.39 is 14.7 Å². The van der Waals surface area contributed by atoms with Gasteiger partial charge in [0, 0.05) is 6.42 Å². The largest absolute Gasteiger partial charge is 0.328 e. The van der Waals surface area contributed by atoms with Crippen LogP contribution in [0.5, 0.6) is 0 Å². The minimum absolute atomic E-state index is 0.0129. The lowest BCUT2D eigenvalue weighted by Crippen LogP contribution is -2.24. The number of benzene rings is 2. The van der Waals surface area contributed by atoms with Crippen LogP contribution in [0.3, 0.4) is 0 Å². The molecule has 0 amide bonds. The molecule has 36 heavy (non-hydrogen) atoms. The first-order valence-corrected chi connectivity index (χ1v) is 14.3. The zero-order valence-electron chi connectivity index (χ0n) is 25.3. The minimum Gasteiger partial charge on any atom is -0.328 e. The molecule has 0 aliphatic rings. The van der Waals surface area contributed by atoms with Gasteiger partial charge in [0.15, 0.2) is 0 Å². The molecule has 0 spiro atoms. The van der Waals surface area contributed by atoms with Crippen molar-refractivity contribution in [1.82, 2.24) is 0 Å². The molecule has 3 nitrogen and oxygen atoms in total. The van der Waals surface area contributed by atoms with E-state index in [0.29, 0.717) is 6.42 Å². The van der Waals surface area contributed by atoms with Gasteiger partial charge in [0.05, 0.1) is 6.10 Å². The summed E-state index contributed by atoms with van der Waals surface area (Å²) >= 11 is 0. The first-order chi connectivity index (χ1) is 16.0. The number of aryl methyl sites for hydroxylation is 2. The van der Waals surface area contributed by atoms with Crippen molar-refractivity contribution in [3.63, 3.8) is 0 Å². The Morgan fingerprint density at radius 1 is 0.639 bits per heavy atom. The summed E-state index contributed by atoms with van der Waals surface area (Å²) in [5, 5.41) is 0. The predicted octanol–water partition coefficient (Wildman–Crippen LogP) is 9.01. The highest BCUT2D eigenvalue weighted by Gasteiger charge is 2.32. The molecule has 0 saturated heterocycles. The van der Waals surface area contributed by atoms with Crippen LogP contribution in [0.4, 0.5) is 0 Å². The lowest BCUT2D eigenvalue weighted by Gasteiger charge is -2.34. The van der Waals surface area contributed by atoms with E-state index in [2.05, 4.69) is 121 Å². The van der Waals surface area contributed by atoms with Crippen LogP contribution in [0.1, 0.15) is 134 Å². The van der Waals surface area contributed by atoms with E-state index in [0.717, 1.165) is 11.1 Å². The van der Waals surface area contributed by atoms with Gasteiger partial charge in [-0.05, 0) is 80.0 Å². The third-order valence-corrected chi connectivity index (χ3v) is 7.58. The Labute approximate surface area is 222 Å². The van der Waals surface area contributed by atoms with Gasteiger partial charge in [0.2, 0.25) is 0 Å². The van der Waals surface area contributed by atoms with Crippen LogP contribution >= 0.6 is 8.60 Å². The van der Waals surface area contributed by atoms with E-state index in [1.165, 1.54) is 33.4 Å². The molecule has 4 heteroatoms. The number of hydrogen-bond donors (Lipinski definition) is 2. The molecule has 0 fully saturated rings. The van der Waals surface area contributed by atoms with Crippen LogP contribution in [0.25, 0.3) is 0 Å². The maximum absolute atomic E-state index is 10.1. The monoisotopic (exact) mass is 514 g/mol. The lowest BCUT2D eigenvalue weighted by molar-refractivity contribution is 0.169. The lowest BCUT2D eigenvalue weighted by atomic mass is 9.73. The first kappa shape index (κ1) is 31.0. The molecule has 1 atom stereocenters. The molecule has 0 heterocycles. The summed E-state index contributed by atoms with van der Waals surface area (Å²) in [5.74, 6) is 0. The Morgan fingerprint density at radius 3 is 1.44 bits per heavy atom. The van der Waals surface area contributed by atoms with Crippen molar-refractivity contribution >= 4 is 8.60 Å². The molecule has 0 aliphatic carbocycles. The summed E-state index contributed by atoms with van der Waals surface area (Å²) in [6.07, 6.45) is 0.122. The molecule has 0 aliphatic heterocycles. The molecule has 2 aromatic carbocycles. The van der Waals surface area contributed by atoms with Crippen molar-refractivity contribution in [3.05, 3.63) is 68.8 Å². The quantitative estimate of drug-likeness (QED) is 0.391. The van der Waals surface area contributed by atoms with E-state index in [1.54, 1.807) is 0 Å². The second kappa shape index (κ2) is 10.5. The van der Waals surface area contributed by atoms with Crippen LogP contribution in [-0.4, -0.2) is 9.79 Å². The Bertz CT molecular complexity index is 1070. The predicted molar refractivity (Wildman–Crippen MR) is 156 cm³/mol. The van der Waals surface area contributed by atoms with Crippen LogP contribution in [0.15, 0.2) is 24.3 Å². The summed E-state index contributed by atoms with van der Waals surface area (Å²) in [4.78, 5) is 20.2. The zero-order valence-corrected chi connectivity index (χ0v) is 26.2. The average Bonchev–Trinajstić information content (AvgIpc) is 2.64. The van der Waals surface area contributed by atoms with Gasteiger partial charge in [-0.3, -0.25) is 0 Å². The molecule has 0 saturated carbocycles. The normalized spacial score (nSPS) is 14.5. The summed E-state index contributed by atoms with van der Waals surface area (Å²) < 4.78 is 5.98. The van der Waals surface area contributed by atoms with Crippen LogP contribution < -0.4 is 0 Å². The SMILES string of the molecule is Cc1cc(C(C)(C)C)cc(C(C)(C)C)c1CC(OP(O)O)c1c(C)cc(C(C)(C)C)cc1C(C)(C)C. The molecule has 0 aromatic heterocycles. The maximum atomic E-state index is 10.1. The second-order valence-electron chi connectivity index (χ2n) is 14.6. The van der Waals surface area contributed by atoms with E-state index >= 15 is 0 Å². The molecule has 2 aromatic rings. The van der Waals surface area contributed by atoms with Gasteiger partial charge in [0.25, 0.3) is 0 Å². The van der Waals surface area contributed by atoms with E-state index in [-0.39, 0.29) is 21.7 Å². The van der Waals surface area contributed by atoms with Crippen LogP contribution in [0, 0.1) is 13.8 Å². The summed E-state index contributed by atoms with van der Waals surface area (Å²) in [6, 6.07) is 9.19. The van der Waals surface area contributed by atoms with Crippen LogP contribution in [0.2, 0.25) is 0 Å². The van der Waals surface area contributed by atoms with E-state index in [4.69, 9.17) is 4.52 Å². The molecule has 0 radical (unpaired) electrons. The fourth-order valence-corrected chi connectivity index (χ4v) is 5.37. The van der Waals surface area contributed by atoms with Crippen molar-refractivity contribution in [2.45, 2.75) is 131 Å². The summed E-state index contributed by atoms with van der Waals surface area (Å²) in [7, 11) is -2.52. The smallest absolute Gasteiger partial charge is 0.327 e. The Balaban J connectivity index is 2.83. The van der Waals surface area contributed by atoms with E-state index in [9.17, 15) is 9.79 Å². The summed E-state index contributed by atoms with van der Waals surface area (Å²) in [6.45, 7) is 31.2. The zero-order chi connectivity index (χ0) is 28.0. The first-order valence-electron chi connectivity index (χ1n) is 13.2. The van der Waals surface area contributed by atoms with Crippen molar-refractivity contribution in [1.29, 1.82) is 0 Å². The highest BCUT2D eigenvalue weighted by Crippen LogP contribution is 2.45. The van der Waals surface area contributed by atoms with Gasteiger partial charge in [-0.1, -0.05) is 107 Å². The van der Waals surface area contributed by atoms with Crippen molar-refractivity contribution in [3.8, 4) is 0 Å². The van der Waals surface area contributed by atoms with Crippen molar-refractivity contribution in [2.24, 2.45) is 0 Å². The fourth-order valence-electron chi connectivity index (χ4n) is 4.96. The minimum atomic E-state index is -2.52. The topological polar surface area (TPSA) is 49.7 Å². The van der Waals surface area contributed by atoms with Gasteiger partial charge in [-0.2, -0.15) is 0 Å². The van der Waals surface area contributed by atoms with Gasteiger partial charge < -0.3 is 14.3 Å². The molecular weight excluding hydrogens is 463 g/mol. The van der Waals surface area contributed by atoms with Gasteiger partial charge in [0.1, 0.15) is 0 Å². The third-order valence-electron chi connectivity index (χ3n) is 7.14. The Morgan fingerprint density at radius 2 is 1.06 bits per heavy atom. The molecule has 1 unspecified atom stereocenters. The van der Waals surface area contributed by atoms with Crippen molar-refractivity contribution < 1.29 is 14.3 Å². The van der Waals surface area contributed by atoms with Gasteiger partial charge >= 0.3 is 8.60 Å². The molecule has 202 valence electrons. The molecule has 2 rings (SSSR count). The van der Waals surface area contributed by atoms with Gasteiger partial charge in [-0.25, -0.2) is 0 Å². The highest BCUT2D eigenvalue weighted by molar-refractivity contribution is 7.39. The van der Waals surface area contributed by atoms with E-state index in [1.807, 2.05) is 0 Å². The highest BCUT2D eigenvalue weighted by atomic mass is 31.2. The third kappa shape index (κ3) is 7.41. The fraction of sp³-hybridized carbons (Fsp3) is 0.625. The maximum Gasteiger partial charge on any atom is 0.327 e. The Hall–Kier alpha value is -1.25. The standard InChI is InChI=1S/C32H51O3P/c1-20-15-22(29(3,4)5)17-25(31(9,10)11)24(20)19-27(35-36(33)34)28-21(2)16-23(30(6,7)8)18-26(28)32(12,13)14/h15-18,27,33-34H,19H2,1-14H3. The van der Waals surface area contributed by atoms with Crippen LogP contribution in [-0.2, 0) is 32.6 Å². The van der Waals surface area contributed by atoms with Gasteiger partial charge in [-0.15, -0.1) is 0 Å². The Kier molecular flexibility index (Phi) is 9.02. The van der Waals surface area contributed by atoms with Crippen molar-refractivity contribution in [2.75, 3.05) is 0 Å².